The van der Waals surface area contributed by atoms with Crippen LogP contribution in [0.3, 0.4) is 0 Å². The normalized spacial score (nSPS) is 12.8. The van der Waals surface area contributed by atoms with Crippen LogP contribution >= 0.6 is 31.9 Å². The van der Waals surface area contributed by atoms with Crippen LogP contribution in [0.4, 0.5) is 8.78 Å². The van der Waals surface area contributed by atoms with Crippen LogP contribution in [0.2, 0.25) is 0 Å². The van der Waals surface area contributed by atoms with E-state index < -0.39 is 16.5 Å². The zero-order valence-electron chi connectivity index (χ0n) is 10.4. The Hall–Kier alpha value is -1.47. The number of nitrogens with one attached hydrogen (secondary N) is 2. The SMILES string of the molecule is O=c1[nH]c2cc(Br)c(C(Br)c3cccc(F)c3F)cc2[nH]1. The second kappa shape index (κ2) is 5.38. The van der Waals surface area contributed by atoms with Crippen molar-refractivity contribution in [1.82, 2.24) is 9.97 Å². The van der Waals surface area contributed by atoms with Crippen molar-refractivity contribution in [3.63, 3.8) is 0 Å². The monoisotopic (exact) mass is 416 g/mol. The molecular formula is C14H8Br2F2N2O. The minimum atomic E-state index is -0.899. The summed E-state index contributed by atoms with van der Waals surface area (Å²) in [4.78, 5) is 16.0. The van der Waals surface area contributed by atoms with Crippen LogP contribution in [-0.4, -0.2) is 9.97 Å². The Morgan fingerprint density at radius 2 is 1.71 bits per heavy atom. The summed E-state index contributed by atoms with van der Waals surface area (Å²) in [6.45, 7) is 0. The Bertz CT molecular complexity index is 888. The van der Waals surface area contributed by atoms with Crippen molar-refractivity contribution in [2.75, 3.05) is 0 Å². The largest absolute Gasteiger partial charge is 0.323 e. The van der Waals surface area contributed by atoms with Gasteiger partial charge in [-0.15, -0.1) is 0 Å². The molecule has 1 atom stereocenters. The number of benzene rings is 2. The first-order chi connectivity index (χ1) is 9.97. The average molecular weight is 418 g/mol. The fraction of sp³-hybridized carbons (Fsp3) is 0.0714. The molecule has 3 nitrogen and oxygen atoms in total. The third kappa shape index (κ3) is 2.55. The molecule has 0 spiro atoms. The molecule has 2 aromatic carbocycles. The van der Waals surface area contributed by atoms with Gasteiger partial charge in [0.15, 0.2) is 11.6 Å². The Morgan fingerprint density at radius 1 is 1.05 bits per heavy atom. The summed E-state index contributed by atoms with van der Waals surface area (Å²) in [6.07, 6.45) is 0. The third-order valence-corrected chi connectivity index (χ3v) is 4.83. The number of aromatic nitrogens is 2. The first kappa shape index (κ1) is 14.5. The number of imidazole rings is 1. The Balaban J connectivity index is 2.16. The minimum Gasteiger partial charge on any atom is -0.306 e. The van der Waals surface area contributed by atoms with E-state index in [1.165, 1.54) is 12.1 Å². The number of alkyl halides is 1. The van der Waals surface area contributed by atoms with Crippen LogP contribution in [0.1, 0.15) is 16.0 Å². The average Bonchev–Trinajstić information content (AvgIpc) is 2.79. The van der Waals surface area contributed by atoms with Crippen LogP contribution in [0.5, 0.6) is 0 Å². The van der Waals surface area contributed by atoms with E-state index in [9.17, 15) is 13.6 Å². The van der Waals surface area contributed by atoms with Gasteiger partial charge in [-0.2, -0.15) is 0 Å². The maximum absolute atomic E-state index is 13.9. The standard InChI is InChI=1S/C14H8Br2F2N2O/c15-8-5-11-10(19-14(21)20-11)4-7(8)12(16)6-2-1-3-9(17)13(6)18/h1-5,12H,(H2,19,20,21). The maximum atomic E-state index is 13.9. The highest BCUT2D eigenvalue weighted by Gasteiger charge is 2.20. The van der Waals surface area contributed by atoms with Crippen molar-refractivity contribution < 1.29 is 8.78 Å². The molecular weight excluding hydrogens is 410 g/mol. The lowest BCUT2D eigenvalue weighted by Gasteiger charge is -2.14. The van der Waals surface area contributed by atoms with Gasteiger partial charge in [0.2, 0.25) is 0 Å². The molecule has 1 unspecified atom stereocenters. The van der Waals surface area contributed by atoms with Crippen molar-refractivity contribution in [3.8, 4) is 0 Å². The zero-order chi connectivity index (χ0) is 15.1. The van der Waals surface area contributed by atoms with Crippen molar-refractivity contribution >= 4 is 42.9 Å². The molecule has 7 heteroatoms. The van der Waals surface area contributed by atoms with Crippen molar-refractivity contribution in [1.29, 1.82) is 0 Å². The number of hydrogen-bond acceptors (Lipinski definition) is 1. The second-order valence-corrected chi connectivity index (χ2v) is 6.27. The van der Waals surface area contributed by atoms with E-state index in [0.29, 0.717) is 21.1 Å². The van der Waals surface area contributed by atoms with Gasteiger partial charge in [0.1, 0.15) is 0 Å². The van der Waals surface area contributed by atoms with Gasteiger partial charge in [-0.25, -0.2) is 13.6 Å². The number of aromatic amines is 2. The fourth-order valence-corrected chi connectivity index (χ4v) is 3.76. The number of hydrogen-bond donors (Lipinski definition) is 2. The van der Waals surface area contributed by atoms with Crippen LogP contribution in [-0.2, 0) is 0 Å². The number of fused-ring (bicyclic) bond motifs is 1. The molecule has 1 heterocycles. The van der Waals surface area contributed by atoms with E-state index in [1.54, 1.807) is 12.1 Å². The van der Waals surface area contributed by atoms with Crippen LogP contribution < -0.4 is 5.69 Å². The predicted octanol–water partition coefficient (Wildman–Crippen LogP) is 4.38. The third-order valence-electron chi connectivity index (χ3n) is 3.16. The number of halogens is 4. The molecule has 0 fully saturated rings. The predicted molar refractivity (Wildman–Crippen MR) is 83.7 cm³/mol. The number of H-pyrrole nitrogens is 2. The first-order valence-corrected chi connectivity index (χ1v) is 7.67. The topological polar surface area (TPSA) is 48.6 Å². The van der Waals surface area contributed by atoms with Crippen molar-refractivity contribution in [2.24, 2.45) is 0 Å². The van der Waals surface area contributed by atoms with Crippen LogP contribution in [0.25, 0.3) is 11.0 Å². The van der Waals surface area contributed by atoms with Crippen molar-refractivity contribution in [2.45, 2.75) is 4.83 Å². The molecule has 0 radical (unpaired) electrons. The molecule has 1 aromatic heterocycles. The Morgan fingerprint density at radius 3 is 2.43 bits per heavy atom. The van der Waals surface area contributed by atoms with Gasteiger partial charge in [-0.3, -0.25) is 0 Å². The lowest BCUT2D eigenvalue weighted by atomic mass is 10.0. The number of rotatable bonds is 2. The van der Waals surface area contributed by atoms with Gasteiger partial charge >= 0.3 is 5.69 Å². The first-order valence-electron chi connectivity index (χ1n) is 5.97. The molecule has 108 valence electrons. The Labute approximate surface area is 134 Å². The van der Waals surface area contributed by atoms with E-state index in [0.717, 1.165) is 6.07 Å². The van der Waals surface area contributed by atoms with Gasteiger partial charge in [0.25, 0.3) is 0 Å². The summed E-state index contributed by atoms with van der Waals surface area (Å²) in [5.74, 6) is -1.79. The highest BCUT2D eigenvalue weighted by Crippen LogP contribution is 2.38. The van der Waals surface area contributed by atoms with Gasteiger partial charge in [0.05, 0.1) is 15.9 Å². The Kier molecular flexibility index (Phi) is 3.71. The lowest BCUT2D eigenvalue weighted by molar-refractivity contribution is 0.500. The molecule has 0 aliphatic heterocycles. The molecule has 0 saturated carbocycles. The highest BCUT2D eigenvalue weighted by molar-refractivity contribution is 9.11. The summed E-state index contributed by atoms with van der Waals surface area (Å²) in [7, 11) is 0. The molecule has 3 aromatic rings. The van der Waals surface area contributed by atoms with E-state index in [-0.39, 0.29) is 11.3 Å². The van der Waals surface area contributed by atoms with E-state index in [2.05, 4.69) is 41.8 Å². The molecule has 21 heavy (non-hydrogen) atoms. The van der Waals surface area contributed by atoms with Gasteiger partial charge in [0, 0.05) is 10.0 Å². The molecule has 0 amide bonds. The maximum Gasteiger partial charge on any atom is 0.323 e. The smallest absolute Gasteiger partial charge is 0.306 e. The highest BCUT2D eigenvalue weighted by atomic mass is 79.9. The van der Waals surface area contributed by atoms with Crippen LogP contribution in [0.15, 0.2) is 39.6 Å². The van der Waals surface area contributed by atoms with Gasteiger partial charge in [-0.05, 0) is 23.8 Å². The van der Waals surface area contributed by atoms with E-state index >= 15 is 0 Å². The second-order valence-electron chi connectivity index (χ2n) is 4.50. The lowest BCUT2D eigenvalue weighted by Crippen LogP contribution is -2.00. The summed E-state index contributed by atoms with van der Waals surface area (Å²) < 4.78 is 27.9. The summed E-state index contributed by atoms with van der Waals surface area (Å²) >= 11 is 6.77. The van der Waals surface area contributed by atoms with E-state index in [1.807, 2.05) is 0 Å². The van der Waals surface area contributed by atoms with Crippen molar-refractivity contribution in [3.05, 3.63) is 68.1 Å². The zero-order valence-corrected chi connectivity index (χ0v) is 13.6. The molecule has 0 aliphatic rings. The molecule has 3 rings (SSSR count). The molecule has 0 saturated heterocycles. The fourth-order valence-electron chi connectivity index (χ4n) is 2.15. The van der Waals surface area contributed by atoms with Gasteiger partial charge < -0.3 is 9.97 Å². The summed E-state index contributed by atoms with van der Waals surface area (Å²) in [5.41, 5.74) is 1.78. The molecule has 0 bridgehead atoms. The molecule has 2 N–H and O–H groups in total. The summed E-state index contributed by atoms with van der Waals surface area (Å²) in [6, 6.07) is 7.45. The molecule has 0 aliphatic carbocycles. The van der Waals surface area contributed by atoms with Crippen LogP contribution in [0, 0.1) is 11.6 Å². The summed E-state index contributed by atoms with van der Waals surface area (Å²) in [5, 5.41) is 0. The minimum absolute atomic E-state index is 0.188. The van der Waals surface area contributed by atoms with E-state index in [4.69, 9.17) is 0 Å². The van der Waals surface area contributed by atoms with Gasteiger partial charge in [-0.1, -0.05) is 44.0 Å². The quantitative estimate of drug-likeness (QED) is 0.597.